The summed E-state index contributed by atoms with van der Waals surface area (Å²) in [7, 11) is 4.00. The molecule has 8 aromatic rings. The molecule has 10 heteroatoms. The summed E-state index contributed by atoms with van der Waals surface area (Å²) in [4.78, 5) is 16.9. The quantitative estimate of drug-likeness (QED) is 0.102. The summed E-state index contributed by atoms with van der Waals surface area (Å²) in [6.07, 6.45) is 15.3. The topological polar surface area (TPSA) is 116 Å². The molecule has 0 fully saturated rings. The molecule has 0 bridgehead atoms. The van der Waals surface area contributed by atoms with E-state index in [2.05, 4.69) is 329 Å². The van der Waals surface area contributed by atoms with Crippen molar-refractivity contribution in [2.75, 3.05) is 0 Å². The molecule has 0 aliphatic heterocycles. The van der Waals surface area contributed by atoms with Gasteiger partial charge in [0.2, 0.25) is 0 Å². The number of hydrogen-bond acceptors (Lipinski definition) is 7. The second-order valence-electron chi connectivity index (χ2n) is 30.6. The Morgan fingerprint density at radius 3 is 0.989 bits per heavy atom. The minimum atomic E-state index is 0.491. The standard InChI is InChI=1S/2C12H18.2C11H17N.2C10H18N2.C10H16N2.C9H16N2/c2*1-9(2)11-7-5-6-8-12(11)10(3)4;1-8(2)10-5-6-12-7-11(10)9(3)4;1-8(2)10-6-5-7-12-11(10)9(3)4;1-7(2)9-6-12(5)11-10(9)8(3)4;1-7(2)9-6-11-12(5)10(9)8(3)4;1-7(2)9-5-11-6-12-10(9)8(3)4;1-6(2)8-5-10-11-9(8)7(3)4/h2*5-10H,1-4H3;2*5-9H,1-4H3;2*6-8H,1-5H3;5-8H,1-4H3;5-7H,1-4H3,(H,10,11). The average Bonchev–Trinajstić information content (AvgIpc) is 1.89. The Balaban J connectivity index is 0.000000543. The molecular weight excluding hydrogens is 1160 g/mol. The van der Waals surface area contributed by atoms with Crippen LogP contribution in [0.2, 0.25) is 0 Å². The average molecular weight is 1300 g/mol. The molecule has 95 heavy (non-hydrogen) atoms. The van der Waals surface area contributed by atoms with Gasteiger partial charge in [-0.1, -0.05) is 276 Å². The van der Waals surface area contributed by atoms with Crippen molar-refractivity contribution >= 4 is 0 Å². The maximum Gasteiger partial charge on any atom is 0.115 e. The lowest BCUT2D eigenvalue weighted by molar-refractivity contribution is 0.658. The monoisotopic (exact) mass is 1300 g/mol. The Morgan fingerprint density at radius 2 is 0.674 bits per heavy atom. The summed E-state index contributed by atoms with van der Waals surface area (Å²) in [6.45, 7) is 70.7. The lowest BCUT2D eigenvalue weighted by Gasteiger charge is -2.14. The van der Waals surface area contributed by atoms with Crippen LogP contribution in [0.4, 0.5) is 0 Å². The maximum atomic E-state index is 4.45. The van der Waals surface area contributed by atoms with Gasteiger partial charge in [-0.15, -0.1) is 0 Å². The first-order chi connectivity index (χ1) is 44.3. The molecule has 1 N–H and O–H groups in total. The second kappa shape index (κ2) is 43.6. The van der Waals surface area contributed by atoms with Crippen molar-refractivity contribution in [1.29, 1.82) is 0 Å². The fourth-order valence-corrected chi connectivity index (χ4v) is 11.5. The summed E-state index contributed by atoms with van der Waals surface area (Å²) in [5, 5.41) is 15.8. The van der Waals surface area contributed by atoms with E-state index in [9.17, 15) is 0 Å². The van der Waals surface area contributed by atoms with Crippen LogP contribution in [0.3, 0.4) is 0 Å². The Kier molecular flexibility index (Phi) is 39.7. The number of aromatic amines is 1. The van der Waals surface area contributed by atoms with Crippen LogP contribution in [-0.2, 0) is 14.1 Å². The third kappa shape index (κ3) is 29.4. The van der Waals surface area contributed by atoms with Gasteiger partial charge >= 0.3 is 0 Å². The van der Waals surface area contributed by atoms with Gasteiger partial charge in [0.1, 0.15) is 6.33 Å². The normalized spacial score (nSPS) is 11.3. The lowest BCUT2D eigenvalue weighted by atomic mass is 9.91. The Labute approximate surface area is 583 Å². The van der Waals surface area contributed by atoms with Gasteiger partial charge in [-0.05, 0) is 168 Å². The number of nitrogens with one attached hydrogen (secondary N) is 1. The smallest absolute Gasteiger partial charge is 0.115 e. The van der Waals surface area contributed by atoms with Crippen molar-refractivity contribution in [3.8, 4) is 0 Å². The van der Waals surface area contributed by atoms with E-state index in [0.717, 1.165) is 0 Å². The Bertz CT molecular complexity index is 2800. The third-order valence-electron chi connectivity index (χ3n) is 16.7. The highest BCUT2D eigenvalue weighted by Gasteiger charge is 2.17. The van der Waals surface area contributed by atoms with Gasteiger partial charge in [0, 0.05) is 67.9 Å². The van der Waals surface area contributed by atoms with E-state index in [4.69, 9.17) is 0 Å². The molecule has 528 valence electrons. The first kappa shape index (κ1) is 86.5. The van der Waals surface area contributed by atoms with E-state index in [1.54, 1.807) is 6.33 Å². The first-order valence-corrected chi connectivity index (χ1v) is 36.3. The van der Waals surface area contributed by atoms with E-state index in [1.807, 2.05) is 66.7 Å². The molecule has 0 spiro atoms. The Hall–Kier alpha value is -6.55. The number of benzene rings is 2. The molecule has 2 aromatic carbocycles. The zero-order chi connectivity index (χ0) is 72.7. The molecule has 0 unspecified atom stereocenters. The van der Waals surface area contributed by atoms with E-state index >= 15 is 0 Å². The number of rotatable bonds is 16. The van der Waals surface area contributed by atoms with E-state index < -0.39 is 0 Å². The molecule has 0 amide bonds. The molecule has 0 saturated carbocycles. The highest BCUT2D eigenvalue weighted by molar-refractivity contribution is 5.34. The number of aromatic nitrogens is 10. The predicted molar refractivity (Wildman–Crippen MR) is 414 cm³/mol. The maximum absolute atomic E-state index is 4.45. The molecule has 0 atom stereocenters. The molecule has 0 saturated heterocycles. The van der Waals surface area contributed by atoms with Gasteiger partial charge in [-0.25, -0.2) is 9.97 Å². The van der Waals surface area contributed by atoms with Crippen molar-refractivity contribution < 1.29 is 0 Å². The molecular formula is C85H138N10. The number of hydrogen-bond donors (Lipinski definition) is 1. The zero-order valence-corrected chi connectivity index (χ0v) is 66.7. The van der Waals surface area contributed by atoms with Crippen molar-refractivity contribution in [2.45, 2.75) is 316 Å². The lowest BCUT2D eigenvalue weighted by Crippen LogP contribution is -2.03. The molecule has 6 aromatic heterocycles. The molecule has 0 aliphatic rings. The number of H-pyrrole nitrogens is 1. The molecule has 0 radical (unpaired) electrons. The van der Waals surface area contributed by atoms with Gasteiger partial charge in [-0.2, -0.15) is 15.3 Å². The minimum absolute atomic E-state index is 0.491. The predicted octanol–water partition coefficient (Wildman–Crippen LogP) is 25.2. The van der Waals surface area contributed by atoms with Crippen LogP contribution < -0.4 is 0 Å². The third-order valence-corrected chi connectivity index (χ3v) is 16.7. The van der Waals surface area contributed by atoms with Crippen LogP contribution in [0.5, 0.6) is 0 Å². The largest absolute Gasteiger partial charge is 0.282 e. The highest BCUT2D eigenvalue weighted by atomic mass is 15.3. The highest BCUT2D eigenvalue weighted by Crippen LogP contribution is 2.31. The van der Waals surface area contributed by atoms with Crippen LogP contribution in [0.1, 0.15) is 406 Å². The van der Waals surface area contributed by atoms with Crippen LogP contribution in [0, 0.1) is 0 Å². The summed E-state index contributed by atoms with van der Waals surface area (Å²) >= 11 is 0. The fraction of sp³-hybridized carbons (Fsp3) is 0.588. The summed E-state index contributed by atoms with van der Waals surface area (Å²) in [6, 6.07) is 23.8. The fourth-order valence-electron chi connectivity index (χ4n) is 11.5. The van der Waals surface area contributed by atoms with Crippen LogP contribution in [0.25, 0.3) is 0 Å². The second-order valence-corrected chi connectivity index (χ2v) is 30.6. The summed E-state index contributed by atoms with van der Waals surface area (Å²) in [5.74, 6) is 9.25. The Morgan fingerprint density at radius 1 is 0.295 bits per heavy atom. The molecule has 10 nitrogen and oxygen atoms in total. The van der Waals surface area contributed by atoms with Crippen LogP contribution in [0.15, 0.2) is 116 Å². The van der Waals surface area contributed by atoms with Crippen molar-refractivity contribution in [3.05, 3.63) is 206 Å². The SMILES string of the molecule is CC(C)c1ccccc1C(C)C.CC(C)c1ccccc1C(C)C.CC(C)c1cccnc1C(C)C.CC(C)c1ccncc1C(C)C.CC(C)c1cn(C)nc1C(C)C.CC(C)c1cn[nH]c1C(C)C.CC(C)c1cncnc1C(C)C.CC(C)c1cnn(C)c1C(C)C. The summed E-state index contributed by atoms with van der Waals surface area (Å²) < 4.78 is 3.89. The van der Waals surface area contributed by atoms with Crippen molar-refractivity contribution in [2.24, 2.45) is 14.1 Å². The number of pyridine rings is 2. The number of aryl methyl sites for hydroxylation is 2. The van der Waals surface area contributed by atoms with E-state index in [0.29, 0.717) is 94.7 Å². The van der Waals surface area contributed by atoms with Gasteiger partial charge in [0.25, 0.3) is 0 Å². The van der Waals surface area contributed by atoms with E-state index in [1.165, 1.54) is 89.7 Å². The van der Waals surface area contributed by atoms with Crippen molar-refractivity contribution in [1.82, 2.24) is 49.7 Å². The molecule has 6 heterocycles. The first-order valence-electron chi connectivity index (χ1n) is 36.3. The molecule has 8 rings (SSSR count). The summed E-state index contributed by atoms with van der Waals surface area (Å²) in [5.41, 5.74) is 21.9. The number of nitrogens with zero attached hydrogens (tertiary/aromatic N) is 9. The van der Waals surface area contributed by atoms with Gasteiger partial charge < -0.3 is 0 Å². The molecule has 0 aliphatic carbocycles. The van der Waals surface area contributed by atoms with Crippen LogP contribution in [-0.4, -0.2) is 49.7 Å². The van der Waals surface area contributed by atoms with Gasteiger partial charge in [0.15, 0.2) is 0 Å². The van der Waals surface area contributed by atoms with Gasteiger partial charge in [0.05, 0.1) is 18.1 Å². The van der Waals surface area contributed by atoms with E-state index in [-0.39, 0.29) is 0 Å². The minimum Gasteiger partial charge on any atom is -0.282 e. The zero-order valence-electron chi connectivity index (χ0n) is 66.7. The van der Waals surface area contributed by atoms with Crippen LogP contribution >= 0.6 is 0 Å². The van der Waals surface area contributed by atoms with Gasteiger partial charge in [-0.3, -0.25) is 24.4 Å². The van der Waals surface area contributed by atoms with Crippen molar-refractivity contribution in [3.63, 3.8) is 0 Å².